The van der Waals surface area contributed by atoms with Gasteiger partial charge in [-0.05, 0) is 67.9 Å². The van der Waals surface area contributed by atoms with Crippen molar-refractivity contribution in [1.29, 1.82) is 0 Å². The van der Waals surface area contributed by atoms with Crippen molar-refractivity contribution in [3.8, 4) is 0 Å². The Kier molecular flexibility index (Phi) is 8.70. The molecule has 1 heterocycles. The van der Waals surface area contributed by atoms with Gasteiger partial charge in [0.1, 0.15) is 0 Å². The number of benzene rings is 2. The molecule has 0 amide bonds. The van der Waals surface area contributed by atoms with Gasteiger partial charge in [0.2, 0.25) is 10.0 Å². The van der Waals surface area contributed by atoms with Gasteiger partial charge in [0.15, 0.2) is 5.11 Å². The lowest BCUT2D eigenvalue weighted by molar-refractivity contribution is 0.410. The fourth-order valence-electron chi connectivity index (χ4n) is 3.72. The average molecular weight is 520 g/mol. The van der Waals surface area contributed by atoms with Crippen molar-refractivity contribution in [2.75, 3.05) is 18.4 Å². The summed E-state index contributed by atoms with van der Waals surface area (Å²) in [5.41, 5.74) is 6.18. The molecule has 2 aromatic carbocycles. The topological polar surface area (TPSA) is 78.7 Å². The molecule has 7 nitrogen and oxygen atoms in total. The van der Waals surface area contributed by atoms with Crippen LogP contribution in [0.3, 0.4) is 0 Å². The van der Waals surface area contributed by atoms with Crippen molar-refractivity contribution in [3.05, 3.63) is 58.7 Å². The van der Waals surface area contributed by atoms with Crippen LogP contribution in [-0.2, 0) is 17.1 Å². The lowest BCUT2D eigenvalue weighted by atomic mass is 10.2. The van der Waals surface area contributed by atoms with Crippen molar-refractivity contribution < 1.29 is 8.42 Å². The first-order valence-corrected chi connectivity index (χ1v) is 13.4. The summed E-state index contributed by atoms with van der Waals surface area (Å²) >= 11 is 11.5. The Hall–Kier alpha value is -2.46. The van der Waals surface area contributed by atoms with Crippen LogP contribution in [0, 0.1) is 6.92 Å². The van der Waals surface area contributed by atoms with E-state index in [2.05, 4.69) is 15.8 Å². The van der Waals surface area contributed by atoms with Gasteiger partial charge in [0.05, 0.1) is 11.1 Å². The molecule has 0 aliphatic heterocycles. The summed E-state index contributed by atoms with van der Waals surface area (Å²) in [4.78, 5) is 0.282. The molecule has 0 saturated carbocycles. The highest BCUT2D eigenvalue weighted by molar-refractivity contribution is 7.89. The third kappa shape index (κ3) is 5.78. The highest BCUT2D eigenvalue weighted by atomic mass is 35.5. The Balaban J connectivity index is 1.83. The molecular formula is C24H30ClN5O2S2. The molecule has 0 spiro atoms. The Morgan fingerprint density at radius 2 is 1.91 bits per heavy atom. The van der Waals surface area contributed by atoms with Gasteiger partial charge >= 0.3 is 0 Å². The van der Waals surface area contributed by atoms with Crippen molar-refractivity contribution in [3.63, 3.8) is 0 Å². The van der Waals surface area contributed by atoms with Crippen LogP contribution in [0.2, 0.25) is 5.02 Å². The number of sulfonamides is 1. The maximum absolute atomic E-state index is 13.2. The summed E-state index contributed by atoms with van der Waals surface area (Å²) in [7, 11) is -1.67. The SMILES string of the molecule is CCCN(CCC)S(=O)(=O)c1ccc2c(c1)c(/C=N/NC(=S)Nc1cccc(Cl)c1C)cn2C. The fourth-order valence-corrected chi connectivity index (χ4v) is 5.71. The number of fused-ring (bicyclic) bond motifs is 1. The first-order valence-electron chi connectivity index (χ1n) is 11.1. The Labute approximate surface area is 211 Å². The van der Waals surface area contributed by atoms with Gasteiger partial charge in [-0.1, -0.05) is 31.5 Å². The van der Waals surface area contributed by atoms with Crippen LogP contribution in [0.4, 0.5) is 5.69 Å². The van der Waals surface area contributed by atoms with E-state index in [4.69, 9.17) is 23.8 Å². The second kappa shape index (κ2) is 11.3. The number of aryl methyl sites for hydroxylation is 1. The van der Waals surface area contributed by atoms with E-state index >= 15 is 0 Å². The monoisotopic (exact) mass is 519 g/mol. The molecule has 182 valence electrons. The number of hydrazone groups is 1. The predicted octanol–water partition coefficient (Wildman–Crippen LogP) is 5.27. The molecule has 3 rings (SSSR count). The first kappa shape index (κ1) is 26.2. The van der Waals surface area contributed by atoms with E-state index in [1.54, 1.807) is 22.7 Å². The molecule has 0 radical (unpaired) electrons. The molecule has 0 aliphatic carbocycles. The van der Waals surface area contributed by atoms with E-state index in [0.717, 1.165) is 40.6 Å². The molecule has 0 atom stereocenters. The number of hydrogen-bond acceptors (Lipinski definition) is 4. The molecule has 0 aliphatic rings. The third-order valence-corrected chi connectivity index (χ3v) is 7.96. The van der Waals surface area contributed by atoms with Crippen molar-refractivity contribution >= 4 is 61.8 Å². The van der Waals surface area contributed by atoms with Crippen LogP contribution in [0.1, 0.15) is 37.8 Å². The molecule has 34 heavy (non-hydrogen) atoms. The summed E-state index contributed by atoms with van der Waals surface area (Å²) in [6, 6.07) is 10.8. The summed E-state index contributed by atoms with van der Waals surface area (Å²) in [5.74, 6) is 0. The number of hydrogen-bond donors (Lipinski definition) is 2. The highest BCUT2D eigenvalue weighted by Crippen LogP contribution is 2.26. The smallest absolute Gasteiger partial charge is 0.243 e. The van der Waals surface area contributed by atoms with Crippen molar-refractivity contribution in [2.45, 2.75) is 38.5 Å². The number of aromatic nitrogens is 1. The Morgan fingerprint density at radius 3 is 2.59 bits per heavy atom. The molecule has 3 aromatic rings. The van der Waals surface area contributed by atoms with Gasteiger partial charge < -0.3 is 9.88 Å². The largest absolute Gasteiger partial charge is 0.350 e. The van der Waals surface area contributed by atoms with E-state index in [-0.39, 0.29) is 4.90 Å². The van der Waals surface area contributed by atoms with E-state index in [0.29, 0.717) is 23.2 Å². The van der Waals surface area contributed by atoms with E-state index in [1.165, 1.54) is 0 Å². The van der Waals surface area contributed by atoms with Gasteiger partial charge in [-0.2, -0.15) is 9.41 Å². The fraction of sp³-hybridized carbons (Fsp3) is 0.333. The average Bonchev–Trinajstić information content (AvgIpc) is 3.11. The normalized spacial score (nSPS) is 12.1. The highest BCUT2D eigenvalue weighted by Gasteiger charge is 2.24. The van der Waals surface area contributed by atoms with Gasteiger partial charge in [-0.25, -0.2) is 8.42 Å². The molecule has 10 heteroatoms. The summed E-state index contributed by atoms with van der Waals surface area (Å²) in [6.45, 7) is 6.86. The predicted molar refractivity (Wildman–Crippen MR) is 145 cm³/mol. The second-order valence-electron chi connectivity index (χ2n) is 8.01. The van der Waals surface area contributed by atoms with Crippen LogP contribution in [0.25, 0.3) is 10.9 Å². The van der Waals surface area contributed by atoms with Crippen LogP contribution in [0.15, 0.2) is 52.6 Å². The lowest BCUT2D eigenvalue weighted by Crippen LogP contribution is -2.32. The van der Waals surface area contributed by atoms with E-state index in [9.17, 15) is 8.42 Å². The lowest BCUT2D eigenvalue weighted by Gasteiger charge is -2.21. The van der Waals surface area contributed by atoms with Crippen molar-refractivity contribution in [2.24, 2.45) is 12.1 Å². The van der Waals surface area contributed by atoms with Gasteiger partial charge in [-0.3, -0.25) is 5.43 Å². The first-order chi connectivity index (χ1) is 16.2. The quantitative estimate of drug-likeness (QED) is 0.229. The maximum atomic E-state index is 13.2. The zero-order valence-electron chi connectivity index (χ0n) is 19.8. The van der Waals surface area contributed by atoms with Gasteiger partial charge in [-0.15, -0.1) is 0 Å². The Bertz CT molecular complexity index is 1310. The van der Waals surface area contributed by atoms with Gasteiger partial charge in [0.25, 0.3) is 0 Å². The zero-order valence-corrected chi connectivity index (χ0v) is 22.2. The van der Waals surface area contributed by atoms with E-state index in [1.807, 2.05) is 62.8 Å². The molecule has 0 fully saturated rings. The molecular weight excluding hydrogens is 490 g/mol. The summed E-state index contributed by atoms with van der Waals surface area (Å²) < 4.78 is 30.0. The zero-order chi connectivity index (χ0) is 24.9. The molecule has 1 aromatic heterocycles. The summed E-state index contributed by atoms with van der Waals surface area (Å²) in [6.07, 6.45) is 5.06. The standard InChI is InChI=1S/C24H30ClN5O2S2/c1-5-12-30(13-6-2)34(31,32)19-10-11-23-20(14-19)18(16-29(23)4)15-26-28-24(33)27-22-9-7-8-21(25)17(22)3/h7-11,14-16H,5-6,12-13H2,1-4H3,(H2,27,28,33)/b26-15+. The Morgan fingerprint density at radius 1 is 1.21 bits per heavy atom. The second-order valence-corrected chi connectivity index (χ2v) is 10.8. The maximum Gasteiger partial charge on any atom is 0.243 e. The number of rotatable bonds is 9. The number of thiocarbonyl (C=S) groups is 1. The number of halogens is 1. The minimum absolute atomic E-state index is 0.282. The third-order valence-electron chi connectivity index (χ3n) is 5.46. The number of nitrogens with zero attached hydrogens (tertiary/aromatic N) is 3. The number of nitrogens with one attached hydrogen (secondary N) is 2. The van der Waals surface area contributed by atoms with Crippen molar-refractivity contribution in [1.82, 2.24) is 14.3 Å². The molecule has 0 saturated heterocycles. The van der Waals surface area contributed by atoms with Crippen LogP contribution < -0.4 is 10.7 Å². The van der Waals surface area contributed by atoms with E-state index < -0.39 is 10.0 Å². The van der Waals surface area contributed by atoms with Crippen LogP contribution in [0.5, 0.6) is 0 Å². The number of anilines is 1. The minimum atomic E-state index is -3.58. The van der Waals surface area contributed by atoms with Crippen LogP contribution in [-0.4, -0.2) is 41.7 Å². The van der Waals surface area contributed by atoms with Gasteiger partial charge in [0, 0.05) is 53.5 Å². The van der Waals surface area contributed by atoms with Crippen LogP contribution >= 0.6 is 23.8 Å². The molecule has 2 N–H and O–H groups in total. The summed E-state index contributed by atoms with van der Waals surface area (Å²) in [5, 5.41) is 9.10. The molecule has 0 unspecified atom stereocenters. The molecule has 0 bridgehead atoms. The minimum Gasteiger partial charge on any atom is -0.350 e.